The highest BCUT2D eigenvalue weighted by Crippen LogP contribution is 2.11. The number of amides is 1. The number of pyridine rings is 1. The van der Waals surface area contributed by atoms with E-state index in [9.17, 15) is 4.79 Å². The van der Waals surface area contributed by atoms with E-state index in [2.05, 4.69) is 10.3 Å². The van der Waals surface area contributed by atoms with Crippen LogP contribution in [0.1, 0.15) is 0 Å². The van der Waals surface area contributed by atoms with E-state index in [0.717, 1.165) is 5.82 Å². The number of anilines is 2. The Labute approximate surface area is 87.9 Å². The van der Waals surface area contributed by atoms with Crippen LogP contribution in [0.3, 0.4) is 0 Å². The standard InChI is InChI=1S/C9H12ClN3O/c1-13(2)8-4-3-7(6-11-8)12-9(14)5-10/h3-4,6H,5H2,1-2H3,(H,12,14). The first kappa shape index (κ1) is 10.8. The maximum atomic E-state index is 10.9. The molecule has 1 aromatic rings. The molecule has 1 rings (SSSR count). The number of hydrogen-bond acceptors (Lipinski definition) is 3. The van der Waals surface area contributed by atoms with Crippen molar-refractivity contribution in [2.24, 2.45) is 0 Å². The Balaban J connectivity index is 2.69. The Morgan fingerprint density at radius 2 is 2.29 bits per heavy atom. The first-order chi connectivity index (χ1) is 6.63. The first-order valence-electron chi connectivity index (χ1n) is 4.12. The minimum absolute atomic E-state index is 0.0462. The van der Waals surface area contributed by atoms with Crippen LogP contribution >= 0.6 is 11.6 Å². The van der Waals surface area contributed by atoms with Crippen molar-refractivity contribution in [3.8, 4) is 0 Å². The summed E-state index contributed by atoms with van der Waals surface area (Å²) in [6, 6.07) is 3.61. The summed E-state index contributed by atoms with van der Waals surface area (Å²) in [6.07, 6.45) is 1.60. The Hall–Kier alpha value is -1.29. The third-order valence-corrected chi connectivity index (χ3v) is 1.85. The number of aromatic nitrogens is 1. The molecule has 0 atom stereocenters. The third-order valence-electron chi connectivity index (χ3n) is 1.61. The molecule has 14 heavy (non-hydrogen) atoms. The second-order valence-electron chi connectivity index (χ2n) is 2.98. The van der Waals surface area contributed by atoms with Gasteiger partial charge in [0, 0.05) is 14.1 Å². The number of carbonyl (C=O) groups is 1. The smallest absolute Gasteiger partial charge is 0.239 e. The Morgan fingerprint density at radius 3 is 2.71 bits per heavy atom. The van der Waals surface area contributed by atoms with Gasteiger partial charge < -0.3 is 10.2 Å². The van der Waals surface area contributed by atoms with Crippen molar-refractivity contribution in [1.29, 1.82) is 0 Å². The van der Waals surface area contributed by atoms with E-state index in [4.69, 9.17) is 11.6 Å². The summed E-state index contributed by atoms with van der Waals surface area (Å²) >= 11 is 5.34. The molecule has 0 spiro atoms. The molecule has 1 amide bonds. The molecule has 0 radical (unpaired) electrons. The maximum Gasteiger partial charge on any atom is 0.239 e. The minimum atomic E-state index is -0.230. The van der Waals surface area contributed by atoms with Crippen molar-refractivity contribution in [3.05, 3.63) is 18.3 Å². The first-order valence-corrected chi connectivity index (χ1v) is 4.66. The second-order valence-corrected chi connectivity index (χ2v) is 3.25. The highest BCUT2D eigenvalue weighted by molar-refractivity contribution is 6.29. The Kier molecular flexibility index (Phi) is 3.71. The van der Waals surface area contributed by atoms with Crippen LogP contribution in [0.2, 0.25) is 0 Å². The summed E-state index contributed by atoms with van der Waals surface area (Å²) in [5.41, 5.74) is 0.654. The molecule has 0 saturated carbocycles. The average molecular weight is 214 g/mol. The predicted octanol–water partition coefficient (Wildman–Crippen LogP) is 1.32. The molecule has 0 saturated heterocycles. The van der Waals surface area contributed by atoms with Gasteiger partial charge in [-0.1, -0.05) is 0 Å². The number of nitrogens with zero attached hydrogens (tertiary/aromatic N) is 2. The largest absolute Gasteiger partial charge is 0.363 e. The van der Waals surface area contributed by atoms with E-state index in [1.54, 1.807) is 12.3 Å². The highest BCUT2D eigenvalue weighted by Gasteiger charge is 2.01. The van der Waals surface area contributed by atoms with Crippen LogP contribution < -0.4 is 10.2 Å². The van der Waals surface area contributed by atoms with E-state index >= 15 is 0 Å². The van der Waals surface area contributed by atoms with Crippen molar-refractivity contribution in [1.82, 2.24) is 4.98 Å². The zero-order valence-electron chi connectivity index (χ0n) is 8.12. The quantitative estimate of drug-likeness (QED) is 0.771. The molecule has 0 aromatic carbocycles. The van der Waals surface area contributed by atoms with Crippen LogP contribution in [0.5, 0.6) is 0 Å². The van der Waals surface area contributed by atoms with Crippen LogP contribution in [0.15, 0.2) is 18.3 Å². The molecule has 0 aliphatic heterocycles. The van der Waals surface area contributed by atoms with Gasteiger partial charge in [0.15, 0.2) is 0 Å². The van der Waals surface area contributed by atoms with Crippen LogP contribution in [-0.4, -0.2) is 30.9 Å². The van der Waals surface area contributed by atoms with Gasteiger partial charge in [-0.15, -0.1) is 11.6 Å². The molecule has 5 heteroatoms. The van der Waals surface area contributed by atoms with Crippen LogP contribution in [0, 0.1) is 0 Å². The molecule has 1 N–H and O–H groups in total. The zero-order chi connectivity index (χ0) is 10.6. The van der Waals surface area contributed by atoms with Gasteiger partial charge in [-0.2, -0.15) is 0 Å². The van der Waals surface area contributed by atoms with E-state index in [-0.39, 0.29) is 11.8 Å². The fraction of sp³-hybridized carbons (Fsp3) is 0.333. The predicted molar refractivity (Wildman–Crippen MR) is 57.9 cm³/mol. The number of carbonyl (C=O) groups excluding carboxylic acids is 1. The van der Waals surface area contributed by atoms with Gasteiger partial charge in [-0.3, -0.25) is 4.79 Å². The number of halogens is 1. The van der Waals surface area contributed by atoms with Crippen molar-refractivity contribution >= 4 is 29.0 Å². The Bertz CT molecular complexity index is 310. The molecule has 0 unspecified atom stereocenters. The van der Waals surface area contributed by atoms with Crippen LogP contribution in [0.4, 0.5) is 11.5 Å². The summed E-state index contributed by atoms with van der Waals surface area (Å²) < 4.78 is 0. The number of rotatable bonds is 3. The van der Waals surface area contributed by atoms with Gasteiger partial charge in [0.2, 0.25) is 5.91 Å². The molecule has 0 aliphatic carbocycles. The molecule has 76 valence electrons. The lowest BCUT2D eigenvalue weighted by molar-refractivity contribution is -0.113. The molecule has 1 aromatic heterocycles. The molecule has 0 aliphatic rings. The fourth-order valence-electron chi connectivity index (χ4n) is 0.919. The minimum Gasteiger partial charge on any atom is -0.363 e. The number of hydrogen-bond donors (Lipinski definition) is 1. The average Bonchev–Trinajstić information content (AvgIpc) is 2.18. The summed E-state index contributed by atoms with van der Waals surface area (Å²) in [6.45, 7) is 0. The molecule has 1 heterocycles. The molecular formula is C9H12ClN3O. The van der Waals surface area contributed by atoms with Crippen molar-refractivity contribution in [2.45, 2.75) is 0 Å². The third kappa shape index (κ3) is 2.88. The van der Waals surface area contributed by atoms with Gasteiger partial charge in [0.1, 0.15) is 11.7 Å². The van der Waals surface area contributed by atoms with E-state index in [1.165, 1.54) is 0 Å². The molecule has 4 nitrogen and oxygen atoms in total. The number of nitrogens with one attached hydrogen (secondary N) is 1. The van der Waals surface area contributed by atoms with Crippen LogP contribution in [0.25, 0.3) is 0 Å². The molecule has 0 fully saturated rings. The summed E-state index contributed by atoms with van der Waals surface area (Å²) in [5.74, 6) is 0.565. The SMILES string of the molecule is CN(C)c1ccc(NC(=O)CCl)cn1. The van der Waals surface area contributed by atoms with Gasteiger partial charge >= 0.3 is 0 Å². The zero-order valence-corrected chi connectivity index (χ0v) is 8.88. The van der Waals surface area contributed by atoms with Crippen LogP contribution in [-0.2, 0) is 4.79 Å². The highest BCUT2D eigenvalue weighted by atomic mass is 35.5. The second kappa shape index (κ2) is 4.81. The maximum absolute atomic E-state index is 10.9. The van der Waals surface area contributed by atoms with Crippen molar-refractivity contribution in [2.75, 3.05) is 30.2 Å². The lowest BCUT2D eigenvalue weighted by Crippen LogP contribution is -2.14. The van der Waals surface area contributed by atoms with Gasteiger partial charge in [-0.05, 0) is 12.1 Å². The number of alkyl halides is 1. The van der Waals surface area contributed by atoms with Crippen molar-refractivity contribution in [3.63, 3.8) is 0 Å². The summed E-state index contributed by atoms with van der Waals surface area (Å²) in [4.78, 5) is 16.9. The van der Waals surface area contributed by atoms with E-state index < -0.39 is 0 Å². The van der Waals surface area contributed by atoms with E-state index in [1.807, 2.05) is 25.1 Å². The van der Waals surface area contributed by atoms with Gasteiger partial charge in [0.25, 0.3) is 0 Å². The molecule has 0 bridgehead atoms. The van der Waals surface area contributed by atoms with Crippen molar-refractivity contribution < 1.29 is 4.79 Å². The monoisotopic (exact) mass is 213 g/mol. The molecular weight excluding hydrogens is 202 g/mol. The van der Waals surface area contributed by atoms with E-state index in [0.29, 0.717) is 5.69 Å². The summed E-state index contributed by atoms with van der Waals surface area (Å²) in [5, 5.41) is 2.61. The topological polar surface area (TPSA) is 45.2 Å². The van der Waals surface area contributed by atoms with Gasteiger partial charge in [0.05, 0.1) is 11.9 Å². The normalized spacial score (nSPS) is 9.64. The Morgan fingerprint density at radius 1 is 1.57 bits per heavy atom. The van der Waals surface area contributed by atoms with Gasteiger partial charge in [-0.25, -0.2) is 4.98 Å². The fourth-order valence-corrected chi connectivity index (χ4v) is 0.986. The summed E-state index contributed by atoms with van der Waals surface area (Å²) in [7, 11) is 3.80. The lowest BCUT2D eigenvalue weighted by Gasteiger charge is -2.11. The lowest BCUT2D eigenvalue weighted by atomic mass is 10.4.